The molecule has 0 bridgehead atoms. The predicted molar refractivity (Wildman–Crippen MR) is 97.7 cm³/mol. The van der Waals surface area contributed by atoms with Crippen LogP contribution in [0.4, 0.5) is 16.2 Å². The summed E-state index contributed by atoms with van der Waals surface area (Å²) in [5.74, 6) is 1.02. The number of hydrogen-bond donors (Lipinski definition) is 2. The topological polar surface area (TPSA) is 62.7 Å². The van der Waals surface area contributed by atoms with E-state index in [9.17, 15) is 4.39 Å². The van der Waals surface area contributed by atoms with E-state index in [0.29, 0.717) is 18.3 Å². The monoisotopic (exact) mass is 337 g/mol. The fourth-order valence-corrected chi connectivity index (χ4v) is 2.33. The molecule has 0 saturated heterocycles. The van der Waals surface area contributed by atoms with Gasteiger partial charge in [-0.1, -0.05) is 12.1 Å². The molecule has 0 spiro atoms. The third kappa shape index (κ3) is 4.73. The Labute approximate surface area is 146 Å². The van der Waals surface area contributed by atoms with Crippen LogP contribution in [-0.4, -0.2) is 21.0 Å². The van der Waals surface area contributed by atoms with Crippen LogP contribution in [0.2, 0.25) is 0 Å². The second kappa shape index (κ2) is 7.70. The molecule has 0 aliphatic heterocycles. The van der Waals surface area contributed by atoms with Gasteiger partial charge < -0.3 is 10.6 Å². The summed E-state index contributed by atoms with van der Waals surface area (Å²) in [5.41, 5.74) is 2.75. The fraction of sp³-hybridized carbons (Fsp3) is 0.211. The third-order valence-corrected chi connectivity index (χ3v) is 3.51. The standard InChI is InChI=1S/C19H20FN5/c1-13(2)23-19-24-17(15-7-9-21-10-8-15)11-18(25-19)22-12-14-3-5-16(20)6-4-14/h3-11,13H,12H2,1-2H3,(H2,22,23,24,25). The van der Waals surface area contributed by atoms with Crippen molar-refractivity contribution in [2.24, 2.45) is 0 Å². The summed E-state index contributed by atoms with van der Waals surface area (Å²) in [6.07, 6.45) is 3.47. The molecule has 6 heteroatoms. The SMILES string of the molecule is CC(C)Nc1nc(NCc2ccc(F)cc2)cc(-c2ccncc2)n1. The molecule has 0 amide bonds. The Morgan fingerprint density at radius 3 is 2.40 bits per heavy atom. The highest BCUT2D eigenvalue weighted by molar-refractivity contribution is 5.64. The van der Waals surface area contributed by atoms with Gasteiger partial charge in [-0.05, 0) is 43.7 Å². The lowest BCUT2D eigenvalue weighted by Crippen LogP contribution is -2.14. The van der Waals surface area contributed by atoms with E-state index in [1.165, 1.54) is 12.1 Å². The van der Waals surface area contributed by atoms with Crippen molar-refractivity contribution in [2.75, 3.05) is 10.6 Å². The van der Waals surface area contributed by atoms with Gasteiger partial charge in [0.15, 0.2) is 0 Å². The molecule has 5 nitrogen and oxygen atoms in total. The van der Waals surface area contributed by atoms with Gasteiger partial charge in [0.2, 0.25) is 5.95 Å². The molecule has 0 fully saturated rings. The summed E-state index contributed by atoms with van der Waals surface area (Å²) in [6, 6.07) is 12.3. The zero-order chi connectivity index (χ0) is 17.6. The maximum absolute atomic E-state index is 13.0. The Hall–Kier alpha value is -3.02. The molecule has 0 saturated carbocycles. The lowest BCUT2D eigenvalue weighted by Gasteiger charge is -2.13. The molecule has 25 heavy (non-hydrogen) atoms. The third-order valence-electron chi connectivity index (χ3n) is 3.51. The smallest absolute Gasteiger partial charge is 0.225 e. The van der Waals surface area contributed by atoms with E-state index in [0.717, 1.165) is 16.8 Å². The molecule has 1 aromatic carbocycles. The van der Waals surface area contributed by atoms with E-state index in [1.807, 2.05) is 32.0 Å². The van der Waals surface area contributed by atoms with Crippen molar-refractivity contribution in [3.05, 3.63) is 66.2 Å². The first-order valence-electron chi connectivity index (χ1n) is 8.14. The number of rotatable bonds is 6. The molecule has 2 aromatic heterocycles. The van der Waals surface area contributed by atoms with Crippen LogP contribution in [0.1, 0.15) is 19.4 Å². The van der Waals surface area contributed by atoms with Crippen LogP contribution in [0.3, 0.4) is 0 Å². The van der Waals surface area contributed by atoms with Crippen LogP contribution in [0.15, 0.2) is 54.9 Å². The van der Waals surface area contributed by atoms with E-state index in [4.69, 9.17) is 0 Å². The molecular formula is C19H20FN5. The zero-order valence-corrected chi connectivity index (χ0v) is 14.2. The molecule has 128 valence electrons. The fourth-order valence-electron chi connectivity index (χ4n) is 2.33. The summed E-state index contributed by atoms with van der Waals surface area (Å²) in [5, 5.41) is 6.51. The number of nitrogens with zero attached hydrogens (tertiary/aromatic N) is 3. The lowest BCUT2D eigenvalue weighted by atomic mass is 10.2. The van der Waals surface area contributed by atoms with Crippen molar-refractivity contribution in [3.63, 3.8) is 0 Å². The molecule has 0 aliphatic carbocycles. The Kier molecular flexibility index (Phi) is 5.18. The Morgan fingerprint density at radius 2 is 1.72 bits per heavy atom. The molecule has 0 radical (unpaired) electrons. The number of benzene rings is 1. The van der Waals surface area contributed by atoms with Crippen molar-refractivity contribution in [1.82, 2.24) is 15.0 Å². The summed E-state index contributed by atoms with van der Waals surface area (Å²) < 4.78 is 13.0. The Morgan fingerprint density at radius 1 is 1.00 bits per heavy atom. The predicted octanol–water partition coefficient (Wildman–Crippen LogP) is 4.11. The molecular weight excluding hydrogens is 317 g/mol. The minimum absolute atomic E-state index is 0.220. The average Bonchev–Trinajstić information content (AvgIpc) is 2.61. The molecule has 3 rings (SSSR count). The first-order valence-corrected chi connectivity index (χ1v) is 8.14. The summed E-state index contributed by atoms with van der Waals surface area (Å²) in [6.45, 7) is 4.62. The number of halogens is 1. The van der Waals surface area contributed by atoms with Gasteiger partial charge >= 0.3 is 0 Å². The summed E-state index contributed by atoms with van der Waals surface area (Å²) in [7, 11) is 0. The van der Waals surface area contributed by atoms with Gasteiger partial charge in [0.1, 0.15) is 11.6 Å². The maximum Gasteiger partial charge on any atom is 0.225 e. The number of nitrogens with one attached hydrogen (secondary N) is 2. The van der Waals surface area contributed by atoms with Gasteiger partial charge in [0.05, 0.1) is 5.69 Å². The van der Waals surface area contributed by atoms with Crippen LogP contribution in [0.25, 0.3) is 11.3 Å². The largest absolute Gasteiger partial charge is 0.366 e. The van der Waals surface area contributed by atoms with Crippen molar-refractivity contribution < 1.29 is 4.39 Å². The van der Waals surface area contributed by atoms with Gasteiger partial charge in [-0.2, -0.15) is 4.98 Å². The number of anilines is 2. The quantitative estimate of drug-likeness (QED) is 0.709. The zero-order valence-electron chi connectivity index (χ0n) is 14.2. The van der Waals surface area contributed by atoms with Gasteiger partial charge in [-0.25, -0.2) is 9.37 Å². The van der Waals surface area contributed by atoms with E-state index < -0.39 is 0 Å². The van der Waals surface area contributed by atoms with E-state index in [1.54, 1.807) is 24.5 Å². The molecule has 2 N–H and O–H groups in total. The number of hydrogen-bond acceptors (Lipinski definition) is 5. The maximum atomic E-state index is 13.0. The van der Waals surface area contributed by atoms with Crippen LogP contribution in [0.5, 0.6) is 0 Å². The van der Waals surface area contributed by atoms with Crippen molar-refractivity contribution >= 4 is 11.8 Å². The highest BCUT2D eigenvalue weighted by Gasteiger charge is 2.08. The minimum atomic E-state index is -0.242. The van der Waals surface area contributed by atoms with Gasteiger partial charge in [0.25, 0.3) is 0 Å². The minimum Gasteiger partial charge on any atom is -0.366 e. The molecule has 0 aliphatic rings. The summed E-state index contributed by atoms with van der Waals surface area (Å²) >= 11 is 0. The highest BCUT2D eigenvalue weighted by Crippen LogP contribution is 2.21. The van der Waals surface area contributed by atoms with Crippen LogP contribution in [-0.2, 0) is 6.54 Å². The van der Waals surface area contributed by atoms with Crippen LogP contribution in [0, 0.1) is 5.82 Å². The second-order valence-corrected chi connectivity index (χ2v) is 5.98. The van der Waals surface area contributed by atoms with Gasteiger partial charge in [0, 0.05) is 36.6 Å². The number of aromatic nitrogens is 3. The van der Waals surface area contributed by atoms with E-state index in [2.05, 4.69) is 25.6 Å². The lowest BCUT2D eigenvalue weighted by molar-refractivity contribution is 0.627. The van der Waals surface area contributed by atoms with Crippen molar-refractivity contribution in [2.45, 2.75) is 26.4 Å². The average molecular weight is 337 g/mol. The van der Waals surface area contributed by atoms with Gasteiger partial charge in [-0.15, -0.1) is 0 Å². The Bertz CT molecular complexity index is 819. The van der Waals surface area contributed by atoms with Crippen molar-refractivity contribution in [3.8, 4) is 11.3 Å². The van der Waals surface area contributed by atoms with Crippen molar-refractivity contribution in [1.29, 1.82) is 0 Å². The number of pyridine rings is 1. The van der Waals surface area contributed by atoms with Crippen LogP contribution >= 0.6 is 0 Å². The highest BCUT2D eigenvalue weighted by atomic mass is 19.1. The van der Waals surface area contributed by atoms with Gasteiger partial charge in [-0.3, -0.25) is 4.98 Å². The molecule has 2 heterocycles. The second-order valence-electron chi connectivity index (χ2n) is 5.98. The summed E-state index contributed by atoms with van der Waals surface area (Å²) in [4.78, 5) is 13.1. The first-order chi connectivity index (χ1) is 12.1. The van der Waals surface area contributed by atoms with E-state index >= 15 is 0 Å². The van der Waals surface area contributed by atoms with Crippen LogP contribution < -0.4 is 10.6 Å². The first kappa shape index (κ1) is 16.8. The molecule has 0 unspecified atom stereocenters. The molecule has 0 atom stereocenters. The van der Waals surface area contributed by atoms with E-state index in [-0.39, 0.29) is 11.9 Å². The Balaban J connectivity index is 1.85. The molecule has 3 aromatic rings. The normalized spacial score (nSPS) is 10.7.